The molecular weight excluding hydrogens is 532 g/mol. The molecule has 9 heteroatoms. The molecule has 0 bridgehead atoms. The molecule has 1 aromatic heterocycles. The lowest BCUT2D eigenvalue weighted by Gasteiger charge is -2.30. The Labute approximate surface area is 207 Å². The molecule has 1 aliphatic heterocycles. The van der Waals surface area contributed by atoms with Crippen molar-refractivity contribution in [2.45, 2.75) is 23.8 Å². The molecule has 5 nitrogen and oxygen atoms in total. The van der Waals surface area contributed by atoms with E-state index in [1.54, 1.807) is 24.3 Å². The first kappa shape index (κ1) is 22.8. The molecule has 1 aliphatic rings. The zero-order valence-electron chi connectivity index (χ0n) is 16.9. The van der Waals surface area contributed by atoms with Gasteiger partial charge in [0.1, 0.15) is 11.3 Å². The number of thiocarbonyl (C=S) groups is 1. The van der Waals surface area contributed by atoms with E-state index in [4.69, 9.17) is 28.2 Å². The monoisotopic (exact) mass is 546 g/mol. The predicted octanol–water partition coefficient (Wildman–Crippen LogP) is 6.29. The number of hydrogen-bond donors (Lipinski definition) is 1. The summed E-state index contributed by atoms with van der Waals surface area (Å²) in [5.74, 6) is -0.714. The van der Waals surface area contributed by atoms with Gasteiger partial charge in [0.25, 0.3) is 11.8 Å². The lowest BCUT2D eigenvalue weighted by molar-refractivity contribution is -0.122. The van der Waals surface area contributed by atoms with Crippen molar-refractivity contribution in [3.05, 3.63) is 80.5 Å². The number of amides is 2. The van der Waals surface area contributed by atoms with Gasteiger partial charge in [0.15, 0.2) is 10.2 Å². The summed E-state index contributed by atoms with van der Waals surface area (Å²) in [5.41, 5.74) is 2.48. The predicted molar refractivity (Wildman–Crippen MR) is 134 cm³/mol. The number of anilines is 1. The minimum absolute atomic E-state index is 0.0467. The standard InChI is InChI=1S/C23H16BrClN2O3S2/c1-12-4-3-5-19(13(12)2)27-21(29)17(20(28)26-23(27)31)10-15-11-18(24)22(30-15)32-16-8-6-14(25)7-9-16/h3-11H,1-2H3,(H,26,28,31)/b17-10-. The van der Waals surface area contributed by atoms with Crippen LogP contribution >= 0.6 is 51.5 Å². The van der Waals surface area contributed by atoms with Crippen molar-refractivity contribution in [3.8, 4) is 0 Å². The SMILES string of the molecule is Cc1cccc(N2C(=O)/C(=C\c3cc(Br)c(Sc4ccc(Cl)cc4)o3)C(=O)NC2=S)c1C. The molecule has 2 amide bonds. The maximum atomic E-state index is 13.3. The van der Waals surface area contributed by atoms with Gasteiger partial charge in [-0.2, -0.15) is 0 Å². The topological polar surface area (TPSA) is 62.6 Å². The van der Waals surface area contributed by atoms with E-state index in [-0.39, 0.29) is 10.7 Å². The first-order valence-corrected chi connectivity index (χ1v) is 11.8. The van der Waals surface area contributed by atoms with E-state index in [2.05, 4.69) is 21.2 Å². The third kappa shape index (κ3) is 4.54. The van der Waals surface area contributed by atoms with E-state index in [9.17, 15) is 9.59 Å². The molecule has 0 atom stereocenters. The molecule has 3 aromatic rings. The van der Waals surface area contributed by atoms with Gasteiger partial charge >= 0.3 is 0 Å². The maximum Gasteiger partial charge on any atom is 0.270 e. The van der Waals surface area contributed by atoms with Crippen molar-refractivity contribution < 1.29 is 14.0 Å². The molecule has 4 rings (SSSR count). The van der Waals surface area contributed by atoms with E-state index in [0.717, 1.165) is 16.0 Å². The molecule has 1 N–H and O–H groups in total. The summed E-state index contributed by atoms with van der Waals surface area (Å²) in [6.45, 7) is 3.86. The minimum atomic E-state index is -0.569. The van der Waals surface area contributed by atoms with Crippen molar-refractivity contribution in [1.82, 2.24) is 5.32 Å². The molecule has 2 aromatic carbocycles. The highest BCUT2D eigenvalue weighted by atomic mass is 79.9. The fourth-order valence-corrected chi connectivity index (χ4v) is 4.85. The van der Waals surface area contributed by atoms with Crippen LogP contribution in [-0.2, 0) is 9.59 Å². The number of aryl methyl sites for hydroxylation is 1. The highest BCUT2D eigenvalue weighted by molar-refractivity contribution is 9.10. The number of nitrogens with one attached hydrogen (secondary N) is 1. The largest absolute Gasteiger partial charge is 0.449 e. The summed E-state index contributed by atoms with van der Waals surface area (Å²) >= 11 is 16.1. The number of furan rings is 1. The highest BCUT2D eigenvalue weighted by Gasteiger charge is 2.35. The quantitative estimate of drug-likeness (QED) is 0.236. The van der Waals surface area contributed by atoms with Crippen LogP contribution in [-0.4, -0.2) is 16.9 Å². The van der Waals surface area contributed by atoms with Crippen LogP contribution in [0.4, 0.5) is 5.69 Å². The number of carbonyl (C=O) groups excluding carboxylic acids is 2. The Kier molecular flexibility index (Phi) is 6.57. The molecule has 0 unspecified atom stereocenters. The van der Waals surface area contributed by atoms with Gasteiger partial charge in [0.2, 0.25) is 0 Å². The second-order valence-corrected chi connectivity index (χ2v) is 9.74. The van der Waals surface area contributed by atoms with E-state index in [1.165, 1.54) is 22.7 Å². The van der Waals surface area contributed by atoms with Crippen LogP contribution in [0.25, 0.3) is 6.08 Å². The van der Waals surface area contributed by atoms with Gasteiger partial charge in [-0.25, -0.2) is 0 Å². The average molecular weight is 548 g/mol. The first-order chi connectivity index (χ1) is 15.2. The Balaban J connectivity index is 1.66. The number of halogens is 2. The summed E-state index contributed by atoms with van der Waals surface area (Å²) in [6, 6.07) is 14.6. The summed E-state index contributed by atoms with van der Waals surface area (Å²) in [5, 5.41) is 3.88. The minimum Gasteiger partial charge on any atom is -0.449 e. The van der Waals surface area contributed by atoms with E-state index >= 15 is 0 Å². The Bertz CT molecular complexity index is 1280. The average Bonchev–Trinajstić information content (AvgIpc) is 3.09. The van der Waals surface area contributed by atoms with Gasteiger partial charge in [0, 0.05) is 9.92 Å². The fourth-order valence-electron chi connectivity index (χ4n) is 3.12. The Hall–Kier alpha value is -2.39. The Morgan fingerprint density at radius 2 is 1.88 bits per heavy atom. The van der Waals surface area contributed by atoms with E-state index in [1.807, 2.05) is 38.1 Å². The zero-order valence-corrected chi connectivity index (χ0v) is 20.9. The maximum absolute atomic E-state index is 13.3. The van der Waals surface area contributed by atoms with Crippen LogP contribution in [0.5, 0.6) is 0 Å². The fraction of sp³-hybridized carbons (Fsp3) is 0.0870. The van der Waals surface area contributed by atoms with Crippen LogP contribution in [0, 0.1) is 13.8 Å². The number of benzene rings is 2. The molecule has 1 saturated heterocycles. The van der Waals surface area contributed by atoms with Crippen molar-refractivity contribution >= 4 is 80.2 Å². The lowest BCUT2D eigenvalue weighted by atomic mass is 10.0. The number of nitrogens with zero attached hydrogens (tertiary/aromatic N) is 1. The molecule has 0 radical (unpaired) electrons. The van der Waals surface area contributed by atoms with Crippen LogP contribution < -0.4 is 10.2 Å². The molecule has 32 heavy (non-hydrogen) atoms. The third-order valence-corrected chi connectivity index (χ3v) is 7.29. The van der Waals surface area contributed by atoms with Crippen LogP contribution in [0.2, 0.25) is 5.02 Å². The highest BCUT2D eigenvalue weighted by Crippen LogP contribution is 2.37. The van der Waals surface area contributed by atoms with Crippen LogP contribution in [0.3, 0.4) is 0 Å². The van der Waals surface area contributed by atoms with Crippen molar-refractivity contribution in [2.24, 2.45) is 0 Å². The molecule has 0 saturated carbocycles. The van der Waals surface area contributed by atoms with Gasteiger partial charge in [-0.1, -0.05) is 35.5 Å². The third-order valence-electron chi connectivity index (χ3n) is 4.90. The van der Waals surface area contributed by atoms with Gasteiger partial charge in [-0.3, -0.25) is 19.8 Å². The second-order valence-electron chi connectivity index (χ2n) is 7.02. The van der Waals surface area contributed by atoms with Crippen molar-refractivity contribution in [2.75, 3.05) is 4.90 Å². The zero-order chi connectivity index (χ0) is 23.0. The lowest BCUT2D eigenvalue weighted by Crippen LogP contribution is -2.54. The summed E-state index contributed by atoms with van der Waals surface area (Å²) in [6.07, 6.45) is 1.42. The van der Waals surface area contributed by atoms with Crippen LogP contribution in [0.15, 0.2) is 73.0 Å². The number of rotatable bonds is 4. The van der Waals surface area contributed by atoms with Crippen molar-refractivity contribution in [1.29, 1.82) is 0 Å². The molecule has 1 fully saturated rings. The summed E-state index contributed by atoms with van der Waals surface area (Å²) < 4.78 is 6.59. The molecule has 0 aliphatic carbocycles. The second kappa shape index (κ2) is 9.23. The van der Waals surface area contributed by atoms with Crippen molar-refractivity contribution in [3.63, 3.8) is 0 Å². The van der Waals surface area contributed by atoms with E-state index in [0.29, 0.717) is 26.0 Å². The van der Waals surface area contributed by atoms with Gasteiger partial charge in [-0.15, -0.1) is 0 Å². The first-order valence-electron chi connectivity index (χ1n) is 9.45. The van der Waals surface area contributed by atoms with E-state index < -0.39 is 11.8 Å². The van der Waals surface area contributed by atoms with Gasteiger partial charge in [-0.05, 0) is 95.6 Å². The summed E-state index contributed by atoms with van der Waals surface area (Å²) in [4.78, 5) is 28.1. The smallest absolute Gasteiger partial charge is 0.270 e. The normalized spacial score (nSPS) is 15.4. The Morgan fingerprint density at radius 3 is 2.59 bits per heavy atom. The molecule has 162 valence electrons. The van der Waals surface area contributed by atoms with Gasteiger partial charge in [0.05, 0.1) is 10.2 Å². The molecule has 0 spiro atoms. The van der Waals surface area contributed by atoms with Gasteiger partial charge < -0.3 is 4.42 Å². The Morgan fingerprint density at radius 1 is 1.16 bits per heavy atom. The number of hydrogen-bond acceptors (Lipinski definition) is 5. The molecule has 2 heterocycles. The molecular formula is C23H16BrClN2O3S2. The summed E-state index contributed by atoms with van der Waals surface area (Å²) in [7, 11) is 0. The van der Waals surface area contributed by atoms with Crippen LogP contribution in [0.1, 0.15) is 16.9 Å². The number of carbonyl (C=O) groups is 2.